The van der Waals surface area contributed by atoms with Crippen molar-refractivity contribution in [2.75, 3.05) is 7.11 Å². The number of allylic oxidation sites excluding steroid dienone is 2. The highest BCUT2D eigenvalue weighted by Gasteiger charge is 2.53. The van der Waals surface area contributed by atoms with Crippen molar-refractivity contribution >= 4 is 47.4 Å². The summed E-state index contributed by atoms with van der Waals surface area (Å²) in [5, 5.41) is 21.2. The Morgan fingerprint density at radius 1 is 1.10 bits per heavy atom. The van der Waals surface area contributed by atoms with Crippen molar-refractivity contribution in [3.63, 3.8) is 0 Å². The lowest BCUT2D eigenvalue weighted by atomic mass is 9.54. The summed E-state index contributed by atoms with van der Waals surface area (Å²) in [6.45, 7) is 4.29. The Bertz CT molecular complexity index is 1400. The Morgan fingerprint density at radius 3 is 2.51 bits per heavy atom. The number of ketones is 2. The largest absolute Gasteiger partial charge is 0.504 e. The van der Waals surface area contributed by atoms with E-state index in [4.69, 9.17) is 9.39 Å². The molecule has 3 aliphatic rings. The monoisotopic (exact) mass is 668 g/mol. The van der Waals surface area contributed by atoms with Crippen LogP contribution in [0, 0.1) is 21.3 Å². The van der Waals surface area contributed by atoms with Crippen LogP contribution in [0.3, 0.4) is 0 Å². The van der Waals surface area contributed by atoms with Crippen molar-refractivity contribution in [1.29, 1.82) is 0 Å². The van der Waals surface area contributed by atoms with Crippen molar-refractivity contribution in [3.8, 4) is 11.5 Å². The molecule has 0 saturated carbocycles. The summed E-state index contributed by atoms with van der Waals surface area (Å²) in [4.78, 5) is 27.5. The van der Waals surface area contributed by atoms with E-state index in [1.54, 1.807) is 19.2 Å². The van der Waals surface area contributed by atoms with Gasteiger partial charge in [0.2, 0.25) is 0 Å². The third kappa shape index (κ3) is 5.93. The van der Waals surface area contributed by atoms with Crippen LogP contribution in [0.5, 0.6) is 11.5 Å². The van der Waals surface area contributed by atoms with Crippen LogP contribution in [0.4, 0.5) is 0 Å². The van der Waals surface area contributed by atoms with Crippen LogP contribution in [-0.4, -0.2) is 42.0 Å². The summed E-state index contributed by atoms with van der Waals surface area (Å²) in [5.74, 6) is -0.355. The minimum atomic E-state index is -0.975. The average Bonchev–Trinajstić information content (AvgIpc) is 2.96. The predicted octanol–water partition coefficient (Wildman–Crippen LogP) is 7.28. The number of Topliss-reactive ketones (excluding diaryl/α,β-unsaturated/α-hetero) is 2. The Labute approximate surface area is 256 Å². The molecule has 2 aromatic rings. The third-order valence-electron chi connectivity index (χ3n) is 8.85. The highest BCUT2D eigenvalue weighted by Crippen LogP contribution is 2.51. The van der Waals surface area contributed by atoms with Gasteiger partial charge >= 0.3 is 7.12 Å². The normalized spacial score (nSPS) is 24.2. The van der Waals surface area contributed by atoms with Crippen LogP contribution in [-0.2, 0) is 4.65 Å². The number of hydrogen-bond donors (Lipinski definition) is 2. The zero-order valence-electron chi connectivity index (χ0n) is 24.0. The Kier molecular flexibility index (Phi) is 9.41. The minimum absolute atomic E-state index is 0.0264. The standard InChI is InChI=1S/C33H38BIO6/c1-4-8-19(14-20-15-26(35)33(38)28(16-20)40-3)12-13-27-29-21(9-5-2)17-24-30(25(29)18-34(39)41-27)32(37)23-11-7-6-10-22(23)31(24)36/h6-7,10-11,14-16,24-25,27,30,38-39H,4-5,8-9,12-13,17-18H2,1-3H3/b19-14+/t24-,25+,27-,30-/m1/s1. The minimum Gasteiger partial charge on any atom is -0.504 e. The Balaban J connectivity index is 1.47. The first-order valence-electron chi connectivity index (χ1n) is 14.8. The number of aromatic hydroxyl groups is 1. The van der Waals surface area contributed by atoms with Crippen molar-refractivity contribution in [2.45, 2.75) is 71.2 Å². The van der Waals surface area contributed by atoms with E-state index in [2.05, 4.69) is 42.5 Å². The first-order chi connectivity index (χ1) is 19.8. The molecule has 0 unspecified atom stereocenters. The van der Waals surface area contributed by atoms with E-state index in [1.807, 2.05) is 24.3 Å². The lowest BCUT2D eigenvalue weighted by molar-refractivity contribution is 0.0598. The first-order valence-corrected chi connectivity index (χ1v) is 15.8. The van der Waals surface area contributed by atoms with Gasteiger partial charge in [0.15, 0.2) is 23.1 Å². The van der Waals surface area contributed by atoms with Crippen LogP contribution in [0.1, 0.15) is 85.1 Å². The summed E-state index contributed by atoms with van der Waals surface area (Å²) >= 11 is 2.11. The molecule has 6 nitrogen and oxygen atoms in total. The highest BCUT2D eigenvalue weighted by atomic mass is 127. The first kappa shape index (κ1) is 30.0. The summed E-state index contributed by atoms with van der Waals surface area (Å²) in [6, 6.07) is 11.0. The van der Waals surface area contributed by atoms with Crippen molar-refractivity contribution in [2.24, 2.45) is 17.8 Å². The molecule has 4 atom stereocenters. The number of rotatable bonds is 9. The summed E-state index contributed by atoms with van der Waals surface area (Å²) in [5.41, 5.74) is 5.65. The van der Waals surface area contributed by atoms with E-state index in [0.29, 0.717) is 36.0 Å². The highest BCUT2D eigenvalue weighted by molar-refractivity contribution is 14.1. The smallest absolute Gasteiger partial charge is 0.455 e. The molecule has 8 heteroatoms. The van der Waals surface area contributed by atoms with Gasteiger partial charge in [-0.2, -0.15) is 0 Å². The second-order valence-electron chi connectivity index (χ2n) is 11.5. The van der Waals surface area contributed by atoms with Gasteiger partial charge in [0.25, 0.3) is 0 Å². The summed E-state index contributed by atoms with van der Waals surface area (Å²) in [7, 11) is 0.574. The summed E-state index contributed by atoms with van der Waals surface area (Å²) < 4.78 is 12.3. The van der Waals surface area contributed by atoms with E-state index in [-0.39, 0.29) is 35.3 Å². The molecule has 5 rings (SSSR count). The zero-order chi connectivity index (χ0) is 29.3. The van der Waals surface area contributed by atoms with E-state index in [9.17, 15) is 19.7 Å². The second-order valence-corrected chi connectivity index (χ2v) is 12.6. The van der Waals surface area contributed by atoms with Crippen LogP contribution in [0.25, 0.3) is 6.08 Å². The lowest BCUT2D eigenvalue weighted by Crippen LogP contribution is -2.50. The number of halogens is 1. The van der Waals surface area contributed by atoms with E-state index >= 15 is 0 Å². The molecule has 0 radical (unpaired) electrons. The molecule has 2 aliphatic carbocycles. The number of benzene rings is 2. The molecule has 216 valence electrons. The van der Waals surface area contributed by atoms with E-state index < -0.39 is 13.0 Å². The number of fused-ring (bicyclic) bond motifs is 4. The molecule has 0 spiro atoms. The fourth-order valence-electron chi connectivity index (χ4n) is 7.18. The topological polar surface area (TPSA) is 93.1 Å². The molecule has 2 aromatic carbocycles. The maximum Gasteiger partial charge on any atom is 0.455 e. The molecule has 1 aliphatic heterocycles. The van der Waals surface area contributed by atoms with Crippen LogP contribution < -0.4 is 4.74 Å². The van der Waals surface area contributed by atoms with Gasteiger partial charge in [0, 0.05) is 23.0 Å². The predicted molar refractivity (Wildman–Crippen MR) is 169 cm³/mol. The number of carbonyl (C=O) groups excluding carboxylic acids is 2. The number of phenols is 1. The summed E-state index contributed by atoms with van der Waals surface area (Å²) in [6.07, 6.45) is 7.93. The van der Waals surface area contributed by atoms with Crippen molar-refractivity contribution in [3.05, 3.63) is 73.4 Å². The van der Waals surface area contributed by atoms with Crippen LogP contribution in [0.2, 0.25) is 6.32 Å². The van der Waals surface area contributed by atoms with Gasteiger partial charge < -0.3 is 19.5 Å². The van der Waals surface area contributed by atoms with E-state index in [0.717, 1.165) is 46.8 Å². The number of ether oxygens (including phenoxy) is 1. The fourth-order valence-corrected chi connectivity index (χ4v) is 7.81. The number of phenolic OH excluding ortho intramolecular Hbond substituents is 1. The average molecular weight is 668 g/mol. The number of hydrogen-bond acceptors (Lipinski definition) is 6. The molecular formula is C33H38BIO6. The molecule has 0 amide bonds. The Hall–Kier alpha value is -2.43. The maximum absolute atomic E-state index is 13.9. The zero-order valence-corrected chi connectivity index (χ0v) is 26.1. The van der Waals surface area contributed by atoms with Crippen LogP contribution >= 0.6 is 22.6 Å². The lowest BCUT2D eigenvalue weighted by Gasteiger charge is -2.47. The third-order valence-corrected chi connectivity index (χ3v) is 9.68. The van der Waals surface area contributed by atoms with Crippen LogP contribution in [0.15, 0.2) is 53.1 Å². The van der Waals surface area contributed by atoms with Gasteiger partial charge in [-0.05, 0) is 90.2 Å². The molecule has 1 saturated heterocycles. The van der Waals surface area contributed by atoms with E-state index in [1.165, 1.54) is 11.1 Å². The maximum atomic E-state index is 13.9. The molecule has 0 aromatic heterocycles. The number of carbonyl (C=O) groups is 2. The molecule has 1 fully saturated rings. The van der Waals surface area contributed by atoms with Crippen molar-refractivity contribution < 1.29 is 29.1 Å². The van der Waals surface area contributed by atoms with Crippen molar-refractivity contribution in [1.82, 2.24) is 0 Å². The SMILES string of the molecule is CCCC1=C2[C@@H](CC/C(=C/c3cc(I)c(O)c(OC)c3)CCC)OB(O)C[C@@H]2[C@@H]2C(=O)c3ccccc3C(=O)[C@@H]2C1. The molecule has 2 N–H and O–H groups in total. The van der Waals surface area contributed by atoms with Gasteiger partial charge in [-0.15, -0.1) is 0 Å². The molecule has 1 heterocycles. The van der Waals surface area contributed by atoms with Gasteiger partial charge in [-0.25, -0.2) is 0 Å². The van der Waals surface area contributed by atoms with Gasteiger partial charge in [-0.1, -0.05) is 68.2 Å². The molecular weight excluding hydrogens is 630 g/mol. The van der Waals surface area contributed by atoms with Gasteiger partial charge in [-0.3, -0.25) is 9.59 Å². The number of methoxy groups -OCH3 is 1. The second kappa shape index (κ2) is 12.8. The van der Waals surface area contributed by atoms with Gasteiger partial charge in [0.1, 0.15) is 0 Å². The quantitative estimate of drug-likeness (QED) is 0.166. The Morgan fingerprint density at radius 2 is 1.83 bits per heavy atom. The molecule has 0 bridgehead atoms. The van der Waals surface area contributed by atoms with Gasteiger partial charge in [0.05, 0.1) is 16.8 Å². The molecule has 41 heavy (non-hydrogen) atoms. The fraction of sp³-hybridized carbons (Fsp3) is 0.455.